The summed E-state index contributed by atoms with van der Waals surface area (Å²) in [5, 5.41) is 3.56. The van der Waals surface area contributed by atoms with Gasteiger partial charge in [0.2, 0.25) is 0 Å². The van der Waals surface area contributed by atoms with Crippen LogP contribution in [0, 0.1) is 5.41 Å². The zero-order valence-corrected chi connectivity index (χ0v) is 12.8. The molecule has 17 heavy (non-hydrogen) atoms. The zero-order valence-electron chi connectivity index (χ0n) is 12.8. The van der Waals surface area contributed by atoms with Crippen molar-refractivity contribution in [1.82, 2.24) is 10.2 Å². The smallest absolute Gasteiger partial charge is 0.000877 e. The minimum Gasteiger partial charge on any atom is -0.316 e. The second-order valence-electron chi connectivity index (χ2n) is 4.71. The van der Waals surface area contributed by atoms with Gasteiger partial charge in [-0.05, 0) is 57.3 Å². The van der Waals surface area contributed by atoms with Gasteiger partial charge in [0.15, 0.2) is 0 Å². The van der Waals surface area contributed by atoms with Crippen molar-refractivity contribution in [2.75, 3.05) is 32.7 Å². The predicted octanol–water partition coefficient (Wildman–Crippen LogP) is 3.52. The zero-order chi connectivity index (χ0) is 13.1. The van der Waals surface area contributed by atoms with Gasteiger partial charge >= 0.3 is 0 Å². The van der Waals surface area contributed by atoms with Crippen molar-refractivity contribution in [2.45, 2.75) is 60.3 Å². The molecular formula is C15H34N2. The molecule has 0 unspecified atom stereocenters. The maximum Gasteiger partial charge on any atom is 0.000877 e. The fourth-order valence-corrected chi connectivity index (χ4v) is 2.80. The maximum atomic E-state index is 3.56. The maximum absolute atomic E-state index is 3.56. The Hall–Kier alpha value is -0.0800. The standard InChI is InChI=1S/C11H22N2.2C2H6/c1-2-13-8-5-11(6-9-13)4-3-7-12-10-11;2*1-2/h12H,2-10H2,1H3;2*1-2H3. The lowest BCUT2D eigenvalue weighted by atomic mass is 9.73. The molecule has 1 spiro atoms. The van der Waals surface area contributed by atoms with Crippen LogP contribution in [0.2, 0.25) is 0 Å². The van der Waals surface area contributed by atoms with Crippen LogP contribution in [0.1, 0.15) is 60.3 Å². The second kappa shape index (κ2) is 9.90. The Bertz CT molecular complexity index is 152. The summed E-state index contributed by atoms with van der Waals surface area (Å²) in [5.74, 6) is 0. The SMILES string of the molecule is CC.CC.CCN1CCC2(CCCNC2)CC1. The molecule has 2 nitrogen and oxygen atoms in total. The van der Waals surface area contributed by atoms with Gasteiger partial charge in [-0.1, -0.05) is 34.6 Å². The third-order valence-electron chi connectivity index (χ3n) is 3.92. The topological polar surface area (TPSA) is 15.3 Å². The van der Waals surface area contributed by atoms with Crippen LogP contribution in [0.3, 0.4) is 0 Å². The lowest BCUT2D eigenvalue weighted by Gasteiger charge is -2.44. The first-order chi connectivity index (χ1) is 8.35. The van der Waals surface area contributed by atoms with E-state index in [9.17, 15) is 0 Å². The quantitative estimate of drug-likeness (QED) is 0.757. The van der Waals surface area contributed by atoms with E-state index in [0.29, 0.717) is 5.41 Å². The van der Waals surface area contributed by atoms with E-state index in [1.807, 2.05) is 27.7 Å². The summed E-state index contributed by atoms with van der Waals surface area (Å²) in [6.45, 7) is 16.7. The van der Waals surface area contributed by atoms with E-state index in [2.05, 4.69) is 17.1 Å². The molecule has 0 radical (unpaired) electrons. The fourth-order valence-electron chi connectivity index (χ4n) is 2.80. The Morgan fingerprint density at radius 2 is 1.59 bits per heavy atom. The van der Waals surface area contributed by atoms with Crippen molar-refractivity contribution >= 4 is 0 Å². The van der Waals surface area contributed by atoms with E-state index < -0.39 is 0 Å². The Morgan fingerprint density at radius 3 is 2.00 bits per heavy atom. The second-order valence-corrected chi connectivity index (χ2v) is 4.71. The van der Waals surface area contributed by atoms with Crippen molar-refractivity contribution in [3.63, 3.8) is 0 Å². The van der Waals surface area contributed by atoms with Gasteiger partial charge in [0, 0.05) is 6.54 Å². The third-order valence-corrected chi connectivity index (χ3v) is 3.92. The Morgan fingerprint density at radius 1 is 1.00 bits per heavy atom. The van der Waals surface area contributed by atoms with Crippen LogP contribution in [0.4, 0.5) is 0 Å². The minimum absolute atomic E-state index is 0.684. The van der Waals surface area contributed by atoms with Crippen LogP contribution < -0.4 is 5.32 Å². The highest BCUT2D eigenvalue weighted by atomic mass is 15.1. The van der Waals surface area contributed by atoms with Crippen molar-refractivity contribution in [3.8, 4) is 0 Å². The highest BCUT2D eigenvalue weighted by Crippen LogP contribution is 2.36. The van der Waals surface area contributed by atoms with E-state index in [1.165, 1.54) is 58.4 Å². The Balaban J connectivity index is 0.000000581. The van der Waals surface area contributed by atoms with Crippen LogP contribution in [0.25, 0.3) is 0 Å². The normalized spacial score (nSPS) is 23.1. The van der Waals surface area contributed by atoms with Gasteiger partial charge < -0.3 is 10.2 Å². The molecule has 2 fully saturated rings. The molecule has 2 aliphatic heterocycles. The molecule has 0 bridgehead atoms. The molecule has 0 aliphatic carbocycles. The number of piperidine rings is 2. The van der Waals surface area contributed by atoms with E-state index in [1.54, 1.807) is 0 Å². The van der Waals surface area contributed by atoms with E-state index in [0.717, 1.165) is 0 Å². The lowest BCUT2D eigenvalue weighted by Crippen LogP contribution is -2.47. The summed E-state index contributed by atoms with van der Waals surface area (Å²) in [7, 11) is 0. The van der Waals surface area contributed by atoms with Crippen LogP contribution in [-0.4, -0.2) is 37.6 Å². The summed E-state index contributed by atoms with van der Waals surface area (Å²) < 4.78 is 0. The molecule has 0 saturated carbocycles. The number of hydrogen-bond donors (Lipinski definition) is 1. The molecule has 2 aliphatic rings. The van der Waals surface area contributed by atoms with Crippen molar-refractivity contribution in [1.29, 1.82) is 0 Å². The molecule has 2 saturated heterocycles. The summed E-state index contributed by atoms with van der Waals surface area (Å²) >= 11 is 0. The van der Waals surface area contributed by atoms with E-state index >= 15 is 0 Å². The Kier molecular flexibility index (Phi) is 9.85. The first-order valence-electron chi connectivity index (χ1n) is 7.78. The van der Waals surface area contributed by atoms with E-state index in [-0.39, 0.29) is 0 Å². The summed E-state index contributed by atoms with van der Waals surface area (Å²) in [6, 6.07) is 0. The molecule has 1 N–H and O–H groups in total. The first-order valence-corrected chi connectivity index (χ1v) is 7.78. The molecule has 0 aromatic rings. The van der Waals surface area contributed by atoms with Gasteiger partial charge in [-0.2, -0.15) is 0 Å². The van der Waals surface area contributed by atoms with Crippen LogP contribution in [-0.2, 0) is 0 Å². The molecule has 0 amide bonds. The number of rotatable bonds is 1. The molecule has 0 atom stereocenters. The van der Waals surface area contributed by atoms with Gasteiger partial charge in [-0.15, -0.1) is 0 Å². The number of hydrogen-bond acceptors (Lipinski definition) is 2. The monoisotopic (exact) mass is 242 g/mol. The molecule has 0 aromatic heterocycles. The Labute approximate surface area is 109 Å². The average molecular weight is 242 g/mol. The molecule has 2 rings (SSSR count). The van der Waals surface area contributed by atoms with Gasteiger partial charge in [0.1, 0.15) is 0 Å². The number of nitrogens with zero attached hydrogens (tertiary/aromatic N) is 1. The molecule has 0 aromatic carbocycles. The van der Waals surface area contributed by atoms with Gasteiger partial charge in [-0.3, -0.25) is 0 Å². The van der Waals surface area contributed by atoms with Crippen molar-refractivity contribution in [3.05, 3.63) is 0 Å². The van der Waals surface area contributed by atoms with Crippen LogP contribution in [0.15, 0.2) is 0 Å². The molecule has 2 heteroatoms. The number of nitrogens with one attached hydrogen (secondary N) is 1. The highest BCUT2D eigenvalue weighted by Gasteiger charge is 2.34. The third kappa shape index (κ3) is 5.39. The summed E-state index contributed by atoms with van der Waals surface area (Å²) in [4.78, 5) is 2.58. The summed E-state index contributed by atoms with van der Waals surface area (Å²) in [5.41, 5.74) is 0.684. The van der Waals surface area contributed by atoms with Crippen LogP contribution in [0.5, 0.6) is 0 Å². The predicted molar refractivity (Wildman–Crippen MR) is 78.6 cm³/mol. The van der Waals surface area contributed by atoms with Gasteiger partial charge in [0.05, 0.1) is 0 Å². The average Bonchev–Trinajstić information content (AvgIpc) is 2.45. The molecule has 104 valence electrons. The van der Waals surface area contributed by atoms with Gasteiger partial charge in [0.25, 0.3) is 0 Å². The van der Waals surface area contributed by atoms with Crippen molar-refractivity contribution in [2.24, 2.45) is 5.41 Å². The lowest BCUT2D eigenvalue weighted by molar-refractivity contribution is 0.0820. The van der Waals surface area contributed by atoms with E-state index in [4.69, 9.17) is 0 Å². The molecule has 2 heterocycles. The number of likely N-dealkylation sites (tertiary alicyclic amines) is 1. The highest BCUT2D eigenvalue weighted by molar-refractivity contribution is 4.89. The fraction of sp³-hybridized carbons (Fsp3) is 1.00. The molecular weight excluding hydrogens is 208 g/mol. The van der Waals surface area contributed by atoms with Crippen molar-refractivity contribution < 1.29 is 0 Å². The minimum atomic E-state index is 0.684. The first kappa shape index (κ1) is 16.9. The summed E-state index contributed by atoms with van der Waals surface area (Å²) in [6.07, 6.45) is 5.71. The van der Waals surface area contributed by atoms with Crippen LogP contribution >= 0.6 is 0 Å². The largest absolute Gasteiger partial charge is 0.316 e. The van der Waals surface area contributed by atoms with Gasteiger partial charge in [-0.25, -0.2) is 0 Å².